The largest absolute Gasteiger partial charge is 0.348 e. The van der Waals surface area contributed by atoms with Gasteiger partial charge in [0.15, 0.2) is 0 Å². The molecule has 0 unspecified atom stereocenters. The van der Waals surface area contributed by atoms with E-state index in [0.29, 0.717) is 13.1 Å². The number of nitrogens with two attached hydrogens (primary N) is 1. The fraction of sp³-hybridized carbons (Fsp3) is 0.909. The first kappa shape index (κ1) is 14.4. The second kappa shape index (κ2) is 6.08. The molecule has 0 aromatic heterocycles. The maximum atomic E-state index is 11.6. The van der Waals surface area contributed by atoms with E-state index in [0.717, 1.165) is 12.8 Å². The Balaban J connectivity index is 4.51. The van der Waals surface area contributed by atoms with E-state index in [4.69, 9.17) is 5.73 Å². The Morgan fingerprint density at radius 2 is 1.67 bits per heavy atom. The molecular formula is C11H25N3O. The third kappa shape index (κ3) is 3.47. The van der Waals surface area contributed by atoms with Crippen molar-refractivity contribution in [3.05, 3.63) is 0 Å². The molecule has 0 aromatic rings. The van der Waals surface area contributed by atoms with Gasteiger partial charge < -0.3 is 10.6 Å². The van der Waals surface area contributed by atoms with Crippen LogP contribution in [-0.2, 0) is 4.79 Å². The van der Waals surface area contributed by atoms with E-state index >= 15 is 0 Å². The van der Waals surface area contributed by atoms with Gasteiger partial charge in [0.1, 0.15) is 0 Å². The number of carbonyl (C=O) groups excluding carboxylic acids is 1. The molecule has 1 amide bonds. The predicted molar refractivity (Wildman–Crippen MR) is 63.7 cm³/mol. The number of hydrogen-bond donors (Lipinski definition) is 1. The van der Waals surface area contributed by atoms with Gasteiger partial charge in [-0.25, -0.2) is 0 Å². The van der Waals surface area contributed by atoms with Gasteiger partial charge in [0, 0.05) is 26.2 Å². The molecule has 0 saturated carbocycles. The molecule has 0 bridgehead atoms. The first-order valence-electron chi connectivity index (χ1n) is 5.55. The molecule has 90 valence electrons. The monoisotopic (exact) mass is 215 g/mol. The average Bonchev–Trinajstić information content (AvgIpc) is 2.21. The molecule has 4 nitrogen and oxygen atoms in total. The van der Waals surface area contributed by atoms with Crippen LogP contribution in [0, 0.1) is 0 Å². The maximum absolute atomic E-state index is 11.6. The van der Waals surface area contributed by atoms with Crippen LogP contribution in [0.25, 0.3) is 0 Å². The summed E-state index contributed by atoms with van der Waals surface area (Å²) in [6, 6.07) is 0. The Morgan fingerprint density at radius 3 is 1.93 bits per heavy atom. The lowest BCUT2D eigenvalue weighted by molar-refractivity contribution is -0.131. The quantitative estimate of drug-likeness (QED) is 0.703. The average molecular weight is 215 g/mol. The van der Waals surface area contributed by atoms with Crippen molar-refractivity contribution in [2.24, 2.45) is 5.73 Å². The standard InChI is InChI=1S/C11H25N3O/c1-6-11(7-2,9-12)14(5)8-10(15)13(3)4/h6-9,12H2,1-5H3. The third-order valence-electron chi connectivity index (χ3n) is 3.38. The number of nitrogens with zero attached hydrogens (tertiary/aromatic N) is 2. The molecular weight excluding hydrogens is 190 g/mol. The third-order valence-corrected chi connectivity index (χ3v) is 3.38. The lowest BCUT2D eigenvalue weighted by atomic mass is 9.91. The van der Waals surface area contributed by atoms with Crippen LogP contribution in [0.15, 0.2) is 0 Å². The van der Waals surface area contributed by atoms with Gasteiger partial charge in [0.2, 0.25) is 5.91 Å². The summed E-state index contributed by atoms with van der Waals surface area (Å²) in [5.74, 6) is 0.122. The van der Waals surface area contributed by atoms with E-state index in [1.165, 1.54) is 0 Å². The van der Waals surface area contributed by atoms with Crippen molar-refractivity contribution in [2.75, 3.05) is 34.2 Å². The van der Waals surface area contributed by atoms with E-state index < -0.39 is 0 Å². The molecule has 0 fully saturated rings. The summed E-state index contributed by atoms with van der Waals surface area (Å²) < 4.78 is 0. The van der Waals surface area contributed by atoms with Crippen LogP contribution in [0.2, 0.25) is 0 Å². The van der Waals surface area contributed by atoms with E-state index in [1.54, 1.807) is 19.0 Å². The Kier molecular flexibility index (Phi) is 5.83. The first-order chi connectivity index (χ1) is 6.93. The molecule has 0 spiro atoms. The summed E-state index contributed by atoms with van der Waals surface area (Å²) >= 11 is 0. The molecule has 0 rings (SSSR count). The van der Waals surface area contributed by atoms with E-state index in [9.17, 15) is 4.79 Å². The zero-order chi connectivity index (χ0) is 12.1. The van der Waals surface area contributed by atoms with Gasteiger partial charge in [0.05, 0.1) is 6.54 Å². The van der Waals surface area contributed by atoms with Gasteiger partial charge in [0.25, 0.3) is 0 Å². The molecule has 4 heteroatoms. The van der Waals surface area contributed by atoms with Crippen LogP contribution in [0.5, 0.6) is 0 Å². The Bertz CT molecular complexity index is 192. The SMILES string of the molecule is CCC(CC)(CN)N(C)CC(=O)N(C)C. The molecule has 0 saturated heterocycles. The normalized spacial score (nSPS) is 11.9. The number of carbonyl (C=O) groups is 1. The van der Waals surface area contributed by atoms with Gasteiger partial charge in [-0.2, -0.15) is 0 Å². The molecule has 0 aliphatic carbocycles. The minimum Gasteiger partial charge on any atom is -0.348 e. The summed E-state index contributed by atoms with van der Waals surface area (Å²) in [6.45, 7) is 5.27. The van der Waals surface area contributed by atoms with Crippen LogP contribution >= 0.6 is 0 Å². The number of likely N-dealkylation sites (N-methyl/N-ethyl adjacent to an activating group) is 2. The van der Waals surface area contributed by atoms with Crippen LogP contribution in [-0.4, -0.2) is 55.5 Å². The Hall–Kier alpha value is -0.610. The van der Waals surface area contributed by atoms with Crippen molar-refractivity contribution in [3.63, 3.8) is 0 Å². The maximum Gasteiger partial charge on any atom is 0.236 e. The first-order valence-corrected chi connectivity index (χ1v) is 5.55. The molecule has 0 aliphatic rings. The molecule has 0 radical (unpaired) electrons. The minimum absolute atomic E-state index is 0.0360. The van der Waals surface area contributed by atoms with Crippen LogP contribution < -0.4 is 5.73 Å². The summed E-state index contributed by atoms with van der Waals surface area (Å²) in [5, 5.41) is 0. The topological polar surface area (TPSA) is 49.6 Å². The molecule has 0 aliphatic heterocycles. The molecule has 0 heterocycles. The van der Waals surface area contributed by atoms with Crippen molar-refractivity contribution >= 4 is 5.91 Å². The molecule has 15 heavy (non-hydrogen) atoms. The van der Waals surface area contributed by atoms with Gasteiger partial charge in [-0.05, 0) is 19.9 Å². The van der Waals surface area contributed by atoms with Crippen LogP contribution in [0.4, 0.5) is 0 Å². The summed E-state index contributed by atoms with van der Waals surface area (Å²) in [6.07, 6.45) is 1.94. The lowest BCUT2D eigenvalue weighted by Crippen LogP contribution is -2.54. The number of hydrogen-bond acceptors (Lipinski definition) is 3. The van der Waals surface area contributed by atoms with Crippen LogP contribution in [0.1, 0.15) is 26.7 Å². The fourth-order valence-electron chi connectivity index (χ4n) is 1.75. The summed E-state index contributed by atoms with van der Waals surface area (Å²) in [4.78, 5) is 15.3. The van der Waals surface area contributed by atoms with Gasteiger partial charge in [-0.1, -0.05) is 13.8 Å². The molecule has 2 N–H and O–H groups in total. The van der Waals surface area contributed by atoms with E-state index in [1.807, 2.05) is 7.05 Å². The van der Waals surface area contributed by atoms with Crippen molar-refractivity contribution < 1.29 is 4.79 Å². The van der Waals surface area contributed by atoms with Crippen molar-refractivity contribution in [1.29, 1.82) is 0 Å². The second-order valence-corrected chi connectivity index (χ2v) is 4.28. The zero-order valence-electron chi connectivity index (χ0n) is 10.7. The molecule has 0 aromatic carbocycles. The van der Waals surface area contributed by atoms with E-state index in [2.05, 4.69) is 18.7 Å². The highest BCUT2D eigenvalue weighted by atomic mass is 16.2. The number of amides is 1. The zero-order valence-corrected chi connectivity index (χ0v) is 10.7. The number of rotatable bonds is 6. The summed E-state index contributed by atoms with van der Waals surface area (Å²) in [7, 11) is 5.53. The lowest BCUT2D eigenvalue weighted by Gasteiger charge is -2.40. The summed E-state index contributed by atoms with van der Waals surface area (Å²) in [5.41, 5.74) is 5.78. The highest BCUT2D eigenvalue weighted by molar-refractivity contribution is 5.77. The molecule has 0 atom stereocenters. The van der Waals surface area contributed by atoms with Crippen molar-refractivity contribution in [2.45, 2.75) is 32.2 Å². The van der Waals surface area contributed by atoms with Crippen LogP contribution in [0.3, 0.4) is 0 Å². The van der Waals surface area contributed by atoms with Crippen molar-refractivity contribution in [3.8, 4) is 0 Å². The van der Waals surface area contributed by atoms with Crippen molar-refractivity contribution in [1.82, 2.24) is 9.80 Å². The second-order valence-electron chi connectivity index (χ2n) is 4.28. The Morgan fingerprint density at radius 1 is 1.20 bits per heavy atom. The van der Waals surface area contributed by atoms with Gasteiger partial charge in [-0.15, -0.1) is 0 Å². The minimum atomic E-state index is -0.0360. The highest BCUT2D eigenvalue weighted by Crippen LogP contribution is 2.20. The Labute approximate surface area is 93.4 Å². The van der Waals surface area contributed by atoms with Gasteiger partial charge in [-0.3, -0.25) is 9.69 Å². The van der Waals surface area contributed by atoms with E-state index in [-0.39, 0.29) is 11.4 Å². The van der Waals surface area contributed by atoms with Gasteiger partial charge >= 0.3 is 0 Å². The smallest absolute Gasteiger partial charge is 0.236 e. The highest BCUT2D eigenvalue weighted by Gasteiger charge is 2.30. The predicted octanol–water partition coefficient (Wildman–Crippen LogP) is 0.524. The fourth-order valence-corrected chi connectivity index (χ4v) is 1.75.